The number of amides is 2. The van der Waals surface area contributed by atoms with Crippen molar-refractivity contribution in [3.05, 3.63) is 30.3 Å². The first-order valence-electron chi connectivity index (χ1n) is 5.07. The average molecular weight is 252 g/mol. The molecule has 2 amide bonds. The summed E-state index contributed by atoms with van der Waals surface area (Å²) in [4.78, 5) is 32.4. The summed E-state index contributed by atoms with van der Waals surface area (Å²) in [6, 6.07) is 8.34. The van der Waals surface area contributed by atoms with Crippen LogP contribution in [0.5, 0.6) is 5.75 Å². The molecule has 7 heteroatoms. The largest absolute Gasteiger partial charge is 0.480 e. The highest BCUT2D eigenvalue weighted by Gasteiger charge is 2.07. The van der Waals surface area contributed by atoms with Gasteiger partial charge in [-0.3, -0.25) is 9.59 Å². The summed E-state index contributed by atoms with van der Waals surface area (Å²) in [5.74, 6) is -1.42. The van der Waals surface area contributed by atoms with Gasteiger partial charge in [0.15, 0.2) is 0 Å². The van der Waals surface area contributed by atoms with Gasteiger partial charge < -0.3 is 20.5 Å². The van der Waals surface area contributed by atoms with Crippen molar-refractivity contribution < 1.29 is 24.2 Å². The quantitative estimate of drug-likeness (QED) is 0.682. The summed E-state index contributed by atoms with van der Waals surface area (Å²) in [5, 5.41) is 12.6. The summed E-state index contributed by atoms with van der Waals surface area (Å²) in [6.45, 7) is -0.840. The highest BCUT2D eigenvalue weighted by molar-refractivity contribution is 5.85. The lowest BCUT2D eigenvalue weighted by Gasteiger charge is -2.06. The van der Waals surface area contributed by atoms with Crippen LogP contribution in [-0.4, -0.2) is 36.2 Å². The predicted molar refractivity (Wildman–Crippen MR) is 61.1 cm³/mol. The van der Waals surface area contributed by atoms with Gasteiger partial charge in [-0.05, 0) is 12.1 Å². The second-order valence-electron chi connectivity index (χ2n) is 3.23. The van der Waals surface area contributed by atoms with Crippen molar-refractivity contribution in [2.24, 2.45) is 0 Å². The Labute approximate surface area is 103 Å². The summed E-state index contributed by atoms with van der Waals surface area (Å²) in [5.41, 5.74) is 0. The minimum Gasteiger partial charge on any atom is -0.480 e. The Bertz CT molecular complexity index is 432. The Balaban J connectivity index is 2.25. The second kappa shape index (κ2) is 6.89. The lowest BCUT2D eigenvalue weighted by Crippen LogP contribution is -2.39. The van der Waals surface area contributed by atoms with Crippen molar-refractivity contribution in [2.75, 3.05) is 13.1 Å². The van der Waals surface area contributed by atoms with Crippen molar-refractivity contribution >= 4 is 18.0 Å². The molecule has 18 heavy (non-hydrogen) atoms. The zero-order valence-corrected chi connectivity index (χ0v) is 9.38. The van der Waals surface area contributed by atoms with Crippen LogP contribution in [0.3, 0.4) is 0 Å². The smallest absolute Gasteiger partial charge is 0.413 e. The van der Waals surface area contributed by atoms with Crippen LogP contribution in [0.1, 0.15) is 0 Å². The molecule has 3 N–H and O–H groups in total. The van der Waals surface area contributed by atoms with Gasteiger partial charge in [0.1, 0.15) is 18.8 Å². The first-order chi connectivity index (χ1) is 8.58. The van der Waals surface area contributed by atoms with E-state index in [1.165, 1.54) is 0 Å². The monoisotopic (exact) mass is 252 g/mol. The van der Waals surface area contributed by atoms with Crippen molar-refractivity contribution in [3.8, 4) is 5.75 Å². The average Bonchev–Trinajstić information content (AvgIpc) is 2.35. The van der Waals surface area contributed by atoms with Crippen LogP contribution in [0.15, 0.2) is 30.3 Å². The van der Waals surface area contributed by atoms with E-state index in [-0.39, 0.29) is 6.54 Å². The Kier molecular flexibility index (Phi) is 5.17. The van der Waals surface area contributed by atoms with Gasteiger partial charge in [-0.15, -0.1) is 0 Å². The van der Waals surface area contributed by atoms with Crippen LogP contribution in [0.2, 0.25) is 0 Å². The molecular formula is C11H12N2O5. The van der Waals surface area contributed by atoms with E-state index in [1.54, 1.807) is 30.3 Å². The number of carbonyl (C=O) groups is 3. The number of ether oxygens (including phenoxy) is 1. The van der Waals surface area contributed by atoms with E-state index in [2.05, 4.69) is 10.6 Å². The fourth-order valence-corrected chi connectivity index (χ4v) is 1.02. The molecule has 0 aromatic heterocycles. The van der Waals surface area contributed by atoms with Crippen molar-refractivity contribution in [1.29, 1.82) is 0 Å². The molecule has 0 aliphatic heterocycles. The van der Waals surface area contributed by atoms with E-state index in [1.807, 2.05) is 0 Å². The molecule has 96 valence electrons. The third-order valence-corrected chi connectivity index (χ3v) is 1.78. The first kappa shape index (κ1) is 13.5. The molecule has 0 unspecified atom stereocenters. The van der Waals surface area contributed by atoms with Crippen LogP contribution in [0.25, 0.3) is 0 Å². The molecule has 0 saturated heterocycles. The Morgan fingerprint density at radius 1 is 1.06 bits per heavy atom. The van der Waals surface area contributed by atoms with Crippen LogP contribution in [0, 0.1) is 0 Å². The van der Waals surface area contributed by atoms with E-state index < -0.39 is 24.5 Å². The first-order valence-corrected chi connectivity index (χ1v) is 5.07. The van der Waals surface area contributed by atoms with Gasteiger partial charge in [0, 0.05) is 0 Å². The summed E-state index contributed by atoms with van der Waals surface area (Å²) >= 11 is 0. The number of nitrogens with one attached hydrogen (secondary N) is 2. The molecular weight excluding hydrogens is 240 g/mol. The number of hydrogen-bond donors (Lipinski definition) is 3. The molecule has 0 aliphatic rings. The third kappa shape index (κ3) is 5.50. The molecule has 7 nitrogen and oxygen atoms in total. The van der Waals surface area contributed by atoms with Crippen molar-refractivity contribution in [3.63, 3.8) is 0 Å². The summed E-state index contributed by atoms with van der Waals surface area (Å²) in [6.07, 6.45) is -0.785. The van der Waals surface area contributed by atoms with Crippen LogP contribution >= 0.6 is 0 Å². The maximum Gasteiger partial charge on any atom is 0.413 e. The Morgan fingerprint density at radius 2 is 1.72 bits per heavy atom. The topological polar surface area (TPSA) is 105 Å². The van der Waals surface area contributed by atoms with Gasteiger partial charge in [-0.2, -0.15) is 0 Å². The summed E-state index contributed by atoms with van der Waals surface area (Å²) < 4.78 is 4.84. The molecule has 0 bridgehead atoms. The molecule has 0 spiro atoms. The van der Waals surface area contributed by atoms with Gasteiger partial charge in [0.05, 0.1) is 0 Å². The normalized spacial score (nSPS) is 9.33. The fraction of sp³-hybridized carbons (Fsp3) is 0.182. The second-order valence-corrected chi connectivity index (χ2v) is 3.23. The van der Waals surface area contributed by atoms with Gasteiger partial charge in [-0.25, -0.2) is 4.79 Å². The van der Waals surface area contributed by atoms with Crippen molar-refractivity contribution in [1.82, 2.24) is 10.6 Å². The molecule has 0 heterocycles. The van der Waals surface area contributed by atoms with E-state index in [9.17, 15) is 14.4 Å². The van der Waals surface area contributed by atoms with E-state index >= 15 is 0 Å². The van der Waals surface area contributed by atoms with Crippen LogP contribution < -0.4 is 15.4 Å². The number of carbonyl (C=O) groups excluding carboxylic acids is 2. The number of aliphatic carboxylic acids is 1. The van der Waals surface area contributed by atoms with E-state index in [0.717, 1.165) is 0 Å². The highest BCUT2D eigenvalue weighted by atomic mass is 16.6. The number of carboxylic acids is 1. The minimum atomic E-state index is -1.16. The van der Waals surface area contributed by atoms with Crippen LogP contribution in [0.4, 0.5) is 4.79 Å². The molecule has 1 aromatic carbocycles. The van der Waals surface area contributed by atoms with Crippen molar-refractivity contribution in [2.45, 2.75) is 0 Å². The molecule has 1 aromatic rings. The van der Waals surface area contributed by atoms with E-state index in [0.29, 0.717) is 5.75 Å². The molecule has 0 fully saturated rings. The lowest BCUT2D eigenvalue weighted by atomic mass is 10.3. The molecule has 1 rings (SSSR count). The third-order valence-electron chi connectivity index (χ3n) is 1.78. The minimum absolute atomic E-state index is 0.348. The number of rotatable bonds is 5. The number of para-hydroxylation sites is 1. The molecule has 0 aliphatic carbocycles. The summed E-state index contributed by atoms with van der Waals surface area (Å²) in [7, 11) is 0. The Morgan fingerprint density at radius 3 is 2.33 bits per heavy atom. The SMILES string of the molecule is O=C(O)CNC(=O)CNC(=O)Oc1ccccc1. The van der Waals surface area contributed by atoms with Gasteiger partial charge in [0.2, 0.25) is 5.91 Å². The van der Waals surface area contributed by atoms with Gasteiger partial charge in [0.25, 0.3) is 0 Å². The fourth-order valence-electron chi connectivity index (χ4n) is 1.02. The van der Waals surface area contributed by atoms with E-state index in [4.69, 9.17) is 9.84 Å². The van der Waals surface area contributed by atoms with Crippen LogP contribution in [-0.2, 0) is 9.59 Å². The molecule has 0 saturated carbocycles. The standard InChI is InChI=1S/C11H12N2O5/c14-9(12-7-10(15)16)6-13-11(17)18-8-4-2-1-3-5-8/h1-5H,6-7H2,(H,12,14)(H,13,17)(H,15,16). The van der Waals surface area contributed by atoms with Gasteiger partial charge >= 0.3 is 12.1 Å². The molecule has 0 atom stereocenters. The highest BCUT2D eigenvalue weighted by Crippen LogP contribution is 2.07. The zero-order chi connectivity index (χ0) is 13.4. The Hall–Kier alpha value is -2.57. The number of benzene rings is 1. The zero-order valence-electron chi connectivity index (χ0n) is 9.38. The van der Waals surface area contributed by atoms with Gasteiger partial charge in [-0.1, -0.05) is 18.2 Å². The maximum atomic E-state index is 11.2. The number of hydrogen-bond acceptors (Lipinski definition) is 4. The predicted octanol–water partition coefficient (Wildman–Crippen LogP) is -0.0242. The molecule has 0 radical (unpaired) electrons. The maximum absolute atomic E-state index is 11.2. The lowest BCUT2D eigenvalue weighted by molar-refractivity contribution is -0.137. The number of carboxylic acid groups (broad SMARTS) is 1.